The summed E-state index contributed by atoms with van der Waals surface area (Å²) in [5, 5.41) is 8.13. The lowest BCUT2D eigenvalue weighted by molar-refractivity contribution is 0.415. The van der Waals surface area contributed by atoms with Gasteiger partial charge in [0.05, 0.1) is 24.0 Å². The van der Waals surface area contributed by atoms with Crippen LogP contribution in [0.1, 0.15) is 6.42 Å². The topological polar surface area (TPSA) is 76.9 Å². The van der Waals surface area contributed by atoms with Crippen LogP contribution < -0.4 is 10.5 Å². The van der Waals surface area contributed by atoms with Crippen LogP contribution in [0.25, 0.3) is 11.0 Å². The number of fused-ring (bicyclic) bond motifs is 1. The number of aryl methyl sites for hydroxylation is 1. The molecule has 0 amide bonds. The highest BCUT2D eigenvalue weighted by Crippen LogP contribution is 2.25. The van der Waals surface area contributed by atoms with E-state index in [0.717, 1.165) is 27.7 Å². The zero-order valence-corrected chi connectivity index (χ0v) is 11.3. The predicted molar refractivity (Wildman–Crippen MR) is 74.5 cm³/mol. The third kappa shape index (κ3) is 2.59. The number of aromatic nitrogens is 2. The second-order valence-electron chi connectivity index (χ2n) is 3.93. The van der Waals surface area contributed by atoms with E-state index in [9.17, 15) is 0 Å². The molecule has 0 saturated heterocycles. The van der Waals surface area contributed by atoms with Crippen molar-refractivity contribution in [3.63, 3.8) is 0 Å². The van der Waals surface area contributed by atoms with Gasteiger partial charge in [0.25, 0.3) is 0 Å². The lowest BCUT2D eigenvalue weighted by atomic mass is 10.3. The fourth-order valence-corrected chi connectivity index (χ4v) is 2.63. The first-order valence-corrected chi connectivity index (χ1v) is 6.56. The van der Waals surface area contributed by atoms with Crippen LogP contribution in [0.5, 0.6) is 5.75 Å². The molecule has 5 nitrogen and oxygen atoms in total. The van der Waals surface area contributed by atoms with Gasteiger partial charge in [-0.3, -0.25) is 5.41 Å². The van der Waals surface area contributed by atoms with Gasteiger partial charge in [-0.05, 0) is 12.1 Å². The molecule has 0 bridgehead atoms. The summed E-state index contributed by atoms with van der Waals surface area (Å²) < 4.78 is 7.22. The molecule has 0 saturated carbocycles. The molecule has 0 aliphatic carbocycles. The quantitative estimate of drug-likeness (QED) is 0.492. The molecule has 0 aliphatic rings. The minimum Gasteiger partial charge on any atom is -0.497 e. The summed E-state index contributed by atoms with van der Waals surface area (Å²) in [6.07, 6.45) is 0.581. The van der Waals surface area contributed by atoms with Crippen LogP contribution in [0.4, 0.5) is 0 Å². The number of amidine groups is 1. The smallest absolute Gasteiger partial charge is 0.168 e. The van der Waals surface area contributed by atoms with Crippen molar-refractivity contribution in [2.45, 2.75) is 11.6 Å². The summed E-state index contributed by atoms with van der Waals surface area (Å²) in [6.45, 7) is 0. The average molecular weight is 264 g/mol. The molecule has 96 valence electrons. The van der Waals surface area contributed by atoms with Crippen molar-refractivity contribution in [2.24, 2.45) is 12.8 Å². The third-order valence-electron chi connectivity index (χ3n) is 2.65. The first kappa shape index (κ1) is 12.8. The molecule has 0 radical (unpaired) electrons. The molecule has 0 aliphatic heterocycles. The van der Waals surface area contributed by atoms with Crippen LogP contribution in [-0.4, -0.2) is 28.2 Å². The number of rotatable bonds is 5. The maximum atomic E-state index is 7.20. The third-order valence-corrected chi connectivity index (χ3v) is 3.68. The van der Waals surface area contributed by atoms with E-state index in [2.05, 4.69) is 4.98 Å². The number of thioether (sulfide) groups is 1. The minimum atomic E-state index is 0.211. The highest BCUT2D eigenvalue weighted by molar-refractivity contribution is 7.99. The van der Waals surface area contributed by atoms with Crippen molar-refractivity contribution < 1.29 is 4.74 Å². The maximum Gasteiger partial charge on any atom is 0.168 e. The number of nitrogens with two attached hydrogens (primary N) is 1. The molecule has 0 spiro atoms. The summed E-state index contributed by atoms with van der Waals surface area (Å²) in [7, 11) is 3.63. The number of nitrogens with one attached hydrogen (secondary N) is 1. The van der Waals surface area contributed by atoms with Crippen molar-refractivity contribution in [2.75, 3.05) is 12.9 Å². The zero-order valence-electron chi connectivity index (χ0n) is 10.4. The Hall–Kier alpha value is -1.69. The summed E-state index contributed by atoms with van der Waals surface area (Å²) in [5.74, 6) is 1.78. The van der Waals surface area contributed by atoms with Crippen LogP contribution in [0.15, 0.2) is 23.4 Å². The summed E-state index contributed by atoms with van der Waals surface area (Å²) in [4.78, 5) is 4.55. The summed E-state index contributed by atoms with van der Waals surface area (Å²) >= 11 is 1.60. The van der Waals surface area contributed by atoms with Gasteiger partial charge in [-0.2, -0.15) is 0 Å². The molecule has 18 heavy (non-hydrogen) atoms. The lowest BCUT2D eigenvalue weighted by Gasteiger charge is -2.01. The van der Waals surface area contributed by atoms with E-state index in [1.165, 1.54) is 0 Å². The van der Waals surface area contributed by atoms with Crippen LogP contribution in [-0.2, 0) is 7.05 Å². The first-order chi connectivity index (χ1) is 8.61. The normalized spacial score (nSPS) is 10.8. The van der Waals surface area contributed by atoms with Gasteiger partial charge in [-0.1, -0.05) is 11.8 Å². The van der Waals surface area contributed by atoms with Gasteiger partial charge >= 0.3 is 0 Å². The summed E-state index contributed by atoms with van der Waals surface area (Å²) in [5.41, 5.74) is 7.32. The van der Waals surface area contributed by atoms with E-state index >= 15 is 0 Å². The Kier molecular flexibility index (Phi) is 3.76. The second-order valence-corrected chi connectivity index (χ2v) is 4.99. The van der Waals surface area contributed by atoms with Gasteiger partial charge in [0.15, 0.2) is 5.16 Å². The predicted octanol–water partition coefficient (Wildman–Crippen LogP) is 2.00. The highest BCUT2D eigenvalue weighted by atomic mass is 32.2. The van der Waals surface area contributed by atoms with Crippen molar-refractivity contribution in [1.29, 1.82) is 5.41 Å². The molecule has 2 aromatic rings. The molecule has 1 heterocycles. The highest BCUT2D eigenvalue weighted by Gasteiger charge is 2.09. The fourth-order valence-electron chi connectivity index (χ4n) is 1.67. The second kappa shape index (κ2) is 5.30. The van der Waals surface area contributed by atoms with Crippen LogP contribution in [0.3, 0.4) is 0 Å². The van der Waals surface area contributed by atoms with Gasteiger partial charge < -0.3 is 15.0 Å². The molecule has 2 rings (SSSR count). The van der Waals surface area contributed by atoms with E-state index < -0.39 is 0 Å². The van der Waals surface area contributed by atoms with E-state index in [1.807, 2.05) is 29.8 Å². The van der Waals surface area contributed by atoms with Gasteiger partial charge in [-0.15, -0.1) is 0 Å². The SMILES string of the molecule is COc1ccc2c(c1)nc(SCCC(=N)N)n2C. The Morgan fingerprint density at radius 1 is 1.56 bits per heavy atom. The molecule has 1 aromatic carbocycles. The van der Waals surface area contributed by atoms with Crippen molar-refractivity contribution in [1.82, 2.24) is 9.55 Å². The number of hydrogen-bond donors (Lipinski definition) is 2. The monoisotopic (exact) mass is 264 g/mol. The van der Waals surface area contributed by atoms with Crippen LogP contribution in [0, 0.1) is 5.41 Å². The Morgan fingerprint density at radius 3 is 3.00 bits per heavy atom. The number of ether oxygens (including phenoxy) is 1. The van der Waals surface area contributed by atoms with Crippen LogP contribution >= 0.6 is 11.8 Å². The number of imidazole rings is 1. The molecule has 6 heteroatoms. The zero-order chi connectivity index (χ0) is 13.1. The molecule has 0 fully saturated rings. The average Bonchev–Trinajstić information content (AvgIpc) is 2.65. The number of nitrogens with zero attached hydrogens (tertiary/aromatic N) is 2. The molecule has 0 atom stereocenters. The molecule has 0 unspecified atom stereocenters. The number of methoxy groups -OCH3 is 1. The fraction of sp³-hybridized carbons (Fsp3) is 0.333. The first-order valence-electron chi connectivity index (χ1n) is 5.58. The largest absolute Gasteiger partial charge is 0.497 e. The molecule has 3 N–H and O–H groups in total. The van der Waals surface area contributed by atoms with E-state index in [1.54, 1.807) is 18.9 Å². The van der Waals surface area contributed by atoms with Crippen molar-refractivity contribution >= 4 is 28.6 Å². The Balaban J connectivity index is 2.23. The van der Waals surface area contributed by atoms with Crippen LogP contribution in [0.2, 0.25) is 0 Å². The van der Waals surface area contributed by atoms with Gasteiger partial charge in [0, 0.05) is 25.3 Å². The summed E-state index contributed by atoms with van der Waals surface area (Å²) in [6, 6.07) is 5.84. The van der Waals surface area contributed by atoms with Gasteiger partial charge in [0.2, 0.25) is 0 Å². The van der Waals surface area contributed by atoms with E-state index in [0.29, 0.717) is 6.42 Å². The lowest BCUT2D eigenvalue weighted by Crippen LogP contribution is -2.10. The maximum absolute atomic E-state index is 7.20. The Morgan fingerprint density at radius 2 is 2.33 bits per heavy atom. The Labute approximate surface area is 110 Å². The number of benzene rings is 1. The minimum absolute atomic E-state index is 0.211. The number of hydrogen-bond acceptors (Lipinski definition) is 4. The standard InChI is InChI=1S/C12H16N4OS/c1-16-10-4-3-8(17-2)7-9(10)15-12(16)18-6-5-11(13)14/h3-4,7H,5-6H2,1-2H3,(H3,13,14). The molecular formula is C12H16N4OS. The van der Waals surface area contributed by atoms with E-state index in [-0.39, 0.29) is 5.84 Å². The Bertz CT molecular complexity index is 579. The van der Waals surface area contributed by atoms with Crippen molar-refractivity contribution in [3.05, 3.63) is 18.2 Å². The van der Waals surface area contributed by atoms with E-state index in [4.69, 9.17) is 15.9 Å². The van der Waals surface area contributed by atoms with Gasteiger partial charge in [-0.25, -0.2) is 4.98 Å². The molecular weight excluding hydrogens is 248 g/mol. The molecule has 1 aromatic heterocycles. The van der Waals surface area contributed by atoms with Gasteiger partial charge in [0.1, 0.15) is 5.75 Å². The van der Waals surface area contributed by atoms with Crippen molar-refractivity contribution in [3.8, 4) is 5.75 Å².